The lowest BCUT2D eigenvalue weighted by Crippen LogP contribution is -2.07. The number of hydrogen-bond acceptors (Lipinski definition) is 4. The SMILES string of the molecule is CCc1ccccc1Nc1cc(NCCc2ccccc2)ncn1. The first kappa shape index (κ1) is 16.0. The van der Waals surface area contributed by atoms with Gasteiger partial charge in [0.05, 0.1) is 0 Å². The largest absolute Gasteiger partial charge is 0.370 e. The minimum atomic E-state index is 0.799. The quantitative estimate of drug-likeness (QED) is 0.676. The van der Waals surface area contributed by atoms with Crippen molar-refractivity contribution in [3.63, 3.8) is 0 Å². The number of nitrogens with zero attached hydrogens (tertiary/aromatic N) is 2. The van der Waals surface area contributed by atoms with Crippen LogP contribution in [0.4, 0.5) is 17.3 Å². The van der Waals surface area contributed by atoms with Crippen LogP contribution >= 0.6 is 0 Å². The molecule has 0 aliphatic heterocycles. The van der Waals surface area contributed by atoms with Crippen molar-refractivity contribution in [1.82, 2.24) is 9.97 Å². The molecule has 3 rings (SSSR count). The van der Waals surface area contributed by atoms with Gasteiger partial charge in [0.25, 0.3) is 0 Å². The second-order valence-electron chi connectivity index (χ2n) is 5.59. The highest BCUT2D eigenvalue weighted by molar-refractivity contribution is 5.62. The van der Waals surface area contributed by atoms with Gasteiger partial charge in [0.1, 0.15) is 18.0 Å². The molecule has 122 valence electrons. The summed E-state index contributed by atoms with van der Waals surface area (Å²) in [6.07, 6.45) is 3.53. The molecule has 0 saturated carbocycles. The first-order valence-electron chi connectivity index (χ1n) is 8.30. The zero-order valence-corrected chi connectivity index (χ0v) is 13.9. The van der Waals surface area contributed by atoms with Crippen LogP contribution in [0.5, 0.6) is 0 Å². The summed E-state index contributed by atoms with van der Waals surface area (Å²) >= 11 is 0. The van der Waals surface area contributed by atoms with Gasteiger partial charge in [-0.05, 0) is 30.0 Å². The topological polar surface area (TPSA) is 49.8 Å². The standard InChI is InChI=1S/C20H22N4/c1-2-17-10-6-7-11-18(17)24-20-14-19(22-15-23-20)21-13-12-16-8-4-3-5-9-16/h3-11,14-15H,2,12-13H2,1H3,(H2,21,22,23,24). The molecule has 0 aliphatic carbocycles. The van der Waals surface area contributed by atoms with Gasteiger partial charge in [-0.2, -0.15) is 0 Å². The van der Waals surface area contributed by atoms with Crippen LogP contribution in [0.1, 0.15) is 18.1 Å². The van der Waals surface area contributed by atoms with E-state index in [1.54, 1.807) is 6.33 Å². The average molecular weight is 318 g/mol. The van der Waals surface area contributed by atoms with Gasteiger partial charge in [-0.1, -0.05) is 55.5 Å². The van der Waals surface area contributed by atoms with Gasteiger partial charge < -0.3 is 10.6 Å². The van der Waals surface area contributed by atoms with Crippen molar-refractivity contribution >= 4 is 17.3 Å². The number of nitrogens with one attached hydrogen (secondary N) is 2. The number of benzene rings is 2. The van der Waals surface area contributed by atoms with Gasteiger partial charge in [0.15, 0.2) is 0 Å². The Morgan fingerprint density at radius 1 is 0.875 bits per heavy atom. The molecule has 0 radical (unpaired) electrons. The number of hydrogen-bond donors (Lipinski definition) is 2. The third-order valence-corrected chi connectivity index (χ3v) is 3.89. The molecule has 1 heterocycles. The summed E-state index contributed by atoms with van der Waals surface area (Å²) in [6, 6.07) is 20.7. The maximum atomic E-state index is 4.31. The first-order chi connectivity index (χ1) is 11.8. The summed E-state index contributed by atoms with van der Waals surface area (Å²) in [6.45, 7) is 2.99. The Bertz CT molecular complexity index is 771. The molecule has 0 aliphatic rings. The zero-order valence-electron chi connectivity index (χ0n) is 13.9. The smallest absolute Gasteiger partial charge is 0.135 e. The van der Waals surface area contributed by atoms with E-state index in [0.717, 1.165) is 36.7 Å². The number of aromatic nitrogens is 2. The monoisotopic (exact) mass is 318 g/mol. The lowest BCUT2D eigenvalue weighted by Gasteiger charge is -2.11. The van der Waals surface area contributed by atoms with E-state index in [2.05, 4.69) is 70.0 Å². The van der Waals surface area contributed by atoms with Crippen LogP contribution in [-0.2, 0) is 12.8 Å². The second-order valence-corrected chi connectivity index (χ2v) is 5.59. The van der Waals surface area contributed by atoms with E-state index in [1.807, 2.05) is 18.2 Å². The Hall–Kier alpha value is -2.88. The van der Waals surface area contributed by atoms with Crippen LogP contribution < -0.4 is 10.6 Å². The van der Waals surface area contributed by atoms with Crippen LogP contribution in [0.2, 0.25) is 0 Å². The van der Waals surface area contributed by atoms with E-state index in [4.69, 9.17) is 0 Å². The van der Waals surface area contributed by atoms with E-state index >= 15 is 0 Å². The molecule has 0 atom stereocenters. The summed E-state index contributed by atoms with van der Waals surface area (Å²) in [5, 5.41) is 6.74. The molecule has 0 fully saturated rings. The lowest BCUT2D eigenvalue weighted by molar-refractivity contribution is 1.000. The zero-order chi connectivity index (χ0) is 16.6. The van der Waals surface area contributed by atoms with Crippen molar-refractivity contribution in [2.24, 2.45) is 0 Å². The van der Waals surface area contributed by atoms with E-state index in [1.165, 1.54) is 11.1 Å². The normalized spacial score (nSPS) is 10.4. The summed E-state index contributed by atoms with van der Waals surface area (Å²) in [5.41, 5.74) is 3.68. The molecular formula is C20H22N4. The Kier molecular flexibility index (Phi) is 5.40. The van der Waals surface area contributed by atoms with Crippen LogP contribution in [0.15, 0.2) is 67.0 Å². The fraction of sp³-hybridized carbons (Fsp3) is 0.200. The second kappa shape index (κ2) is 8.11. The molecule has 1 aromatic heterocycles. The van der Waals surface area contributed by atoms with Crippen molar-refractivity contribution in [3.05, 3.63) is 78.1 Å². The third-order valence-electron chi connectivity index (χ3n) is 3.89. The predicted molar refractivity (Wildman–Crippen MR) is 99.8 cm³/mol. The fourth-order valence-electron chi connectivity index (χ4n) is 2.59. The van der Waals surface area contributed by atoms with E-state index in [9.17, 15) is 0 Å². The summed E-state index contributed by atoms with van der Waals surface area (Å²) < 4.78 is 0. The van der Waals surface area contributed by atoms with Crippen LogP contribution in [0.25, 0.3) is 0 Å². The van der Waals surface area contributed by atoms with Crippen LogP contribution in [0, 0.1) is 0 Å². The summed E-state index contributed by atoms with van der Waals surface area (Å²) in [7, 11) is 0. The van der Waals surface area contributed by atoms with Gasteiger partial charge in [-0.25, -0.2) is 9.97 Å². The fourth-order valence-corrected chi connectivity index (χ4v) is 2.59. The minimum Gasteiger partial charge on any atom is -0.370 e. The molecule has 0 bridgehead atoms. The molecular weight excluding hydrogens is 296 g/mol. The van der Waals surface area contributed by atoms with Crippen LogP contribution in [-0.4, -0.2) is 16.5 Å². The molecule has 0 amide bonds. The summed E-state index contributed by atoms with van der Waals surface area (Å²) in [5.74, 6) is 1.63. The van der Waals surface area contributed by atoms with Crippen molar-refractivity contribution in [2.75, 3.05) is 17.2 Å². The van der Waals surface area contributed by atoms with Crippen molar-refractivity contribution in [3.8, 4) is 0 Å². The molecule has 4 nitrogen and oxygen atoms in total. The van der Waals surface area contributed by atoms with E-state index < -0.39 is 0 Å². The average Bonchev–Trinajstić information content (AvgIpc) is 2.63. The molecule has 24 heavy (non-hydrogen) atoms. The van der Waals surface area contributed by atoms with Crippen molar-refractivity contribution in [2.45, 2.75) is 19.8 Å². The van der Waals surface area contributed by atoms with Gasteiger partial charge >= 0.3 is 0 Å². The molecule has 0 saturated heterocycles. The number of rotatable bonds is 7. The van der Waals surface area contributed by atoms with E-state index in [0.29, 0.717) is 0 Å². The molecule has 4 heteroatoms. The van der Waals surface area contributed by atoms with Crippen molar-refractivity contribution in [1.29, 1.82) is 0 Å². The highest BCUT2D eigenvalue weighted by atomic mass is 15.1. The van der Waals surface area contributed by atoms with Gasteiger partial charge in [-0.3, -0.25) is 0 Å². The van der Waals surface area contributed by atoms with Gasteiger partial charge in [0.2, 0.25) is 0 Å². The highest BCUT2D eigenvalue weighted by Gasteiger charge is 2.03. The third kappa shape index (κ3) is 4.32. The molecule has 0 unspecified atom stereocenters. The number of aryl methyl sites for hydroxylation is 1. The summed E-state index contributed by atoms with van der Waals surface area (Å²) in [4.78, 5) is 8.61. The molecule has 2 aromatic carbocycles. The van der Waals surface area contributed by atoms with E-state index in [-0.39, 0.29) is 0 Å². The van der Waals surface area contributed by atoms with Gasteiger partial charge in [-0.15, -0.1) is 0 Å². The van der Waals surface area contributed by atoms with Gasteiger partial charge in [0, 0.05) is 18.3 Å². The molecule has 2 N–H and O–H groups in total. The Labute approximate surface area is 143 Å². The Morgan fingerprint density at radius 3 is 2.46 bits per heavy atom. The maximum Gasteiger partial charge on any atom is 0.135 e. The maximum absolute atomic E-state index is 4.31. The first-order valence-corrected chi connectivity index (χ1v) is 8.30. The number of para-hydroxylation sites is 1. The highest BCUT2D eigenvalue weighted by Crippen LogP contribution is 2.20. The number of anilines is 3. The van der Waals surface area contributed by atoms with Crippen molar-refractivity contribution < 1.29 is 0 Å². The lowest BCUT2D eigenvalue weighted by atomic mass is 10.1. The predicted octanol–water partition coefficient (Wildman–Crippen LogP) is 4.44. The Balaban J connectivity index is 1.61. The molecule has 3 aromatic rings. The van der Waals surface area contributed by atoms with Crippen LogP contribution in [0.3, 0.4) is 0 Å². The Morgan fingerprint density at radius 2 is 1.62 bits per heavy atom. The molecule has 0 spiro atoms. The minimum absolute atomic E-state index is 0.799.